The van der Waals surface area contributed by atoms with Crippen molar-refractivity contribution in [1.29, 1.82) is 0 Å². The fourth-order valence-electron chi connectivity index (χ4n) is 0.976. The number of carbonyl (C=O) groups is 2. The maximum Gasteiger partial charge on any atom is 0.186 e. The van der Waals surface area contributed by atoms with Crippen molar-refractivity contribution in [1.82, 2.24) is 0 Å². The monoisotopic (exact) mass is 252 g/mol. The Morgan fingerprint density at radius 3 is 2.88 bits per heavy atom. The molecule has 0 heterocycles. The molecule has 0 saturated carbocycles. The Balaban J connectivity index is 2.71. The summed E-state index contributed by atoms with van der Waals surface area (Å²) < 4.78 is 0. The minimum atomic E-state index is 0.0450. The van der Waals surface area contributed by atoms with Gasteiger partial charge in [-0.2, -0.15) is 0 Å². The highest BCUT2D eigenvalue weighted by atomic mass is 35.5. The van der Waals surface area contributed by atoms with Crippen molar-refractivity contribution in [3.8, 4) is 11.8 Å². The molecule has 0 amide bonds. The Labute approximate surface area is 103 Å². The van der Waals surface area contributed by atoms with Crippen molar-refractivity contribution in [2.45, 2.75) is 6.92 Å². The first-order valence-corrected chi connectivity index (χ1v) is 5.87. The van der Waals surface area contributed by atoms with Crippen molar-refractivity contribution < 1.29 is 9.59 Å². The Kier molecular flexibility index (Phi) is 5.10. The van der Waals surface area contributed by atoms with Crippen LogP contribution in [0.2, 0.25) is 5.02 Å². The van der Waals surface area contributed by atoms with Crippen LogP contribution in [0.5, 0.6) is 0 Å². The summed E-state index contributed by atoms with van der Waals surface area (Å²) in [6, 6.07) is 4.98. The van der Waals surface area contributed by atoms with E-state index < -0.39 is 0 Å². The highest BCUT2D eigenvalue weighted by molar-refractivity contribution is 8.13. The molecule has 0 aliphatic rings. The zero-order valence-electron chi connectivity index (χ0n) is 8.62. The summed E-state index contributed by atoms with van der Waals surface area (Å²) in [7, 11) is 0. The molecule has 1 aromatic rings. The number of carbonyl (C=O) groups excluding carboxylic acids is 2. The SMILES string of the molecule is CC(=O)SCC#Cc1ccc(C=O)c(Cl)c1. The molecule has 1 rings (SSSR count). The molecule has 0 radical (unpaired) electrons. The van der Waals surface area contributed by atoms with Gasteiger partial charge < -0.3 is 0 Å². The molecule has 0 bridgehead atoms. The van der Waals surface area contributed by atoms with E-state index in [0.717, 1.165) is 17.3 Å². The van der Waals surface area contributed by atoms with Crippen molar-refractivity contribution in [3.05, 3.63) is 34.3 Å². The Morgan fingerprint density at radius 2 is 2.31 bits per heavy atom. The molecular weight excluding hydrogens is 244 g/mol. The first-order chi connectivity index (χ1) is 7.63. The van der Waals surface area contributed by atoms with Crippen LogP contribution >= 0.6 is 23.4 Å². The first kappa shape index (κ1) is 12.8. The molecule has 82 valence electrons. The maximum absolute atomic E-state index is 10.6. The van der Waals surface area contributed by atoms with Crippen molar-refractivity contribution in [3.63, 3.8) is 0 Å². The fraction of sp³-hybridized carbons (Fsp3) is 0.167. The van der Waals surface area contributed by atoms with E-state index >= 15 is 0 Å². The van der Waals surface area contributed by atoms with Gasteiger partial charge in [0.15, 0.2) is 11.4 Å². The summed E-state index contributed by atoms with van der Waals surface area (Å²) in [6.45, 7) is 1.50. The second-order valence-electron chi connectivity index (χ2n) is 2.94. The van der Waals surface area contributed by atoms with E-state index in [-0.39, 0.29) is 5.12 Å². The number of thioether (sulfide) groups is 1. The van der Waals surface area contributed by atoms with Gasteiger partial charge in [0.1, 0.15) is 0 Å². The Hall–Kier alpha value is -1.24. The van der Waals surface area contributed by atoms with Gasteiger partial charge in [-0.1, -0.05) is 35.2 Å². The normalized spacial score (nSPS) is 9.12. The van der Waals surface area contributed by atoms with Gasteiger partial charge in [0.05, 0.1) is 10.8 Å². The molecule has 0 atom stereocenters. The molecule has 0 aliphatic carbocycles. The average molecular weight is 253 g/mol. The lowest BCUT2D eigenvalue weighted by Gasteiger charge is -1.95. The van der Waals surface area contributed by atoms with Crippen molar-refractivity contribution >= 4 is 34.8 Å². The van der Waals surface area contributed by atoms with Crippen LogP contribution in [0.15, 0.2) is 18.2 Å². The molecule has 0 aromatic heterocycles. The number of hydrogen-bond acceptors (Lipinski definition) is 3. The second-order valence-corrected chi connectivity index (χ2v) is 4.50. The minimum absolute atomic E-state index is 0.0450. The van der Waals surface area contributed by atoms with Gasteiger partial charge in [-0.15, -0.1) is 0 Å². The molecule has 1 aromatic carbocycles. The van der Waals surface area contributed by atoms with Crippen LogP contribution < -0.4 is 0 Å². The van der Waals surface area contributed by atoms with E-state index in [0.29, 0.717) is 22.6 Å². The topological polar surface area (TPSA) is 34.1 Å². The molecule has 0 aliphatic heterocycles. The van der Waals surface area contributed by atoms with Crippen LogP contribution in [0.1, 0.15) is 22.8 Å². The van der Waals surface area contributed by atoms with Crippen LogP contribution in [-0.4, -0.2) is 17.2 Å². The van der Waals surface area contributed by atoms with Crippen LogP contribution in [-0.2, 0) is 4.79 Å². The van der Waals surface area contributed by atoms with Gasteiger partial charge in [-0.05, 0) is 18.2 Å². The number of benzene rings is 1. The second kappa shape index (κ2) is 6.37. The average Bonchev–Trinajstić information content (AvgIpc) is 2.24. The van der Waals surface area contributed by atoms with E-state index in [4.69, 9.17) is 11.6 Å². The number of rotatable bonds is 2. The standard InChI is InChI=1S/C12H9ClO2S/c1-9(15)16-6-2-3-10-4-5-11(8-14)12(13)7-10/h4-5,7-8H,6H2,1H3. The molecular formula is C12H9ClO2S. The number of aldehydes is 1. The van der Waals surface area contributed by atoms with Gasteiger partial charge in [-0.25, -0.2) is 0 Å². The smallest absolute Gasteiger partial charge is 0.186 e. The molecule has 0 spiro atoms. The lowest BCUT2D eigenvalue weighted by Crippen LogP contribution is -1.84. The summed E-state index contributed by atoms with van der Waals surface area (Å²) in [5.74, 6) is 6.17. The highest BCUT2D eigenvalue weighted by Crippen LogP contribution is 2.15. The van der Waals surface area contributed by atoms with E-state index in [1.807, 2.05) is 0 Å². The molecule has 2 nitrogen and oxygen atoms in total. The lowest BCUT2D eigenvalue weighted by molar-refractivity contribution is -0.109. The maximum atomic E-state index is 10.6. The predicted molar refractivity (Wildman–Crippen MR) is 66.9 cm³/mol. The third kappa shape index (κ3) is 4.09. The quantitative estimate of drug-likeness (QED) is 0.600. The van der Waals surface area contributed by atoms with E-state index in [1.54, 1.807) is 18.2 Å². The minimum Gasteiger partial charge on any atom is -0.298 e. The van der Waals surface area contributed by atoms with Crippen molar-refractivity contribution in [2.75, 3.05) is 5.75 Å². The summed E-state index contributed by atoms with van der Waals surface area (Å²) in [4.78, 5) is 21.1. The van der Waals surface area contributed by atoms with E-state index in [2.05, 4.69) is 11.8 Å². The highest BCUT2D eigenvalue weighted by Gasteiger charge is 1.98. The summed E-state index contributed by atoms with van der Waals surface area (Å²) >= 11 is 7.00. The third-order valence-electron chi connectivity index (χ3n) is 1.71. The number of hydrogen-bond donors (Lipinski definition) is 0. The molecule has 0 unspecified atom stereocenters. The summed E-state index contributed by atoms with van der Waals surface area (Å²) in [6.07, 6.45) is 0.700. The predicted octanol–water partition coefficient (Wildman–Crippen LogP) is 2.78. The van der Waals surface area contributed by atoms with Gasteiger partial charge in [0.2, 0.25) is 0 Å². The van der Waals surface area contributed by atoms with Gasteiger partial charge in [0, 0.05) is 18.1 Å². The zero-order valence-corrected chi connectivity index (χ0v) is 10.2. The van der Waals surface area contributed by atoms with Crippen LogP contribution in [0.4, 0.5) is 0 Å². The molecule has 0 N–H and O–H groups in total. The van der Waals surface area contributed by atoms with Crippen LogP contribution in [0.3, 0.4) is 0 Å². The van der Waals surface area contributed by atoms with Crippen molar-refractivity contribution in [2.24, 2.45) is 0 Å². The van der Waals surface area contributed by atoms with Crippen LogP contribution in [0.25, 0.3) is 0 Å². The van der Waals surface area contributed by atoms with Gasteiger partial charge >= 0.3 is 0 Å². The van der Waals surface area contributed by atoms with Gasteiger partial charge in [-0.3, -0.25) is 9.59 Å². The zero-order chi connectivity index (χ0) is 12.0. The molecule has 4 heteroatoms. The van der Waals surface area contributed by atoms with E-state index in [9.17, 15) is 9.59 Å². The fourth-order valence-corrected chi connectivity index (χ4v) is 1.55. The van der Waals surface area contributed by atoms with Gasteiger partial charge in [0.25, 0.3) is 0 Å². The van der Waals surface area contributed by atoms with Crippen LogP contribution in [0, 0.1) is 11.8 Å². The molecule has 16 heavy (non-hydrogen) atoms. The lowest BCUT2D eigenvalue weighted by atomic mass is 10.1. The first-order valence-electron chi connectivity index (χ1n) is 4.50. The Bertz CT molecular complexity index is 472. The molecule has 0 saturated heterocycles. The summed E-state index contributed by atoms with van der Waals surface area (Å²) in [5, 5.41) is 0.435. The third-order valence-corrected chi connectivity index (χ3v) is 2.73. The molecule has 0 fully saturated rings. The Morgan fingerprint density at radius 1 is 1.56 bits per heavy atom. The van der Waals surface area contributed by atoms with E-state index in [1.165, 1.54) is 6.92 Å². The largest absolute Gasteiger partial charge is 0.298 e. The number of halogens is 1. The summed E-state index contributed by atoms with van der Waals surface area (Å²) in [5.41, 5.74) is 1.19.